The standard InChI is InChI=1S/C21H23NO4/c1-13-7-16-8-14(5-6-18(16)22-13)9-17(23)10-15-11-19(24-2)21(26-4)20(12-15)25-3/h5-6,8,11-12,22H,1,7,9-10H2,2-4H3. The van der Waals surface area contributed by atoms with Gasteiger partial charge in [0.1, 0.15) is 5.78 Å². The molecule has 0 radical (unpaired) electrons. The fraction of sp³-hybridized carbons (Fsp3) is 0.286. The van der Waals surface area contributed by atoms with Crippen LogP contribution in [0.3, 0.4) is 0 Å². The number of hydrogen-bond acceptors (Lipinski definition) is 5. The molecule has 1 N–H and O–H groups in total. The number of fused-ring (bicyclic) bond motifs is 1. The highest BCUT2D eigenvalue weighted by molar-refractivity contribution is 5.84. The van der Waals surface area contributed by atoms with Gasteiger partial charge < -0.3 is 19.5 Å². The molecule has 0 aliphatic carbocycles. The minimum Gasteiger partial charge on any atom is -0.493 e. The molecule has 2 aromatic rings. The molecular weight excluding hydrogens is 330 g/mol. The summed E-state index contributed by atoms with van der Waals surface area (Å²) in [5, 5.41) is 3.23. The Balaban J connectivity index is 1.74. The van der Waals surface area contributed by atoms with Gasteiger partial charge in [0.25, 0.3) is 0 Å². The van der Waals surface area contributed by atoms with E-state index in [1.807, 2.05) is 24.3 Å². The highest BCUT2D eigenvalue weighted by Gasteiger charge is 2.17. The predicted molar refractivity (Wildman–Crippen MR) is 101 cm³/mol. The van der Waals surface area contributed by atoms with Gasteiger partial charge in [0, 0.05) is 30.6 Å². The smallest absolute Gasteiger partial charge is 0.203 e. The average Bonchev–Trinajstić information content (AvgIpc) is 2.99. The van der Waals surface area contributed by atoms with Gasteiger partial charge >= 0.3 is 0 Å². The summed E-state index contributed by atoms with van der Waals surface area (Å²) in [4.78, 5) is 12.6. The van der Waals surface area contributed by atoms with Crippen molar-refractivity contribution in [1.82, 2.24) is 0 Å². The first-order chi connectivity index (χ1) is 12.5. The Morgan fingerprint density at radius 3 is 2.27 bits per heavy atom. The van der Waals surface area contributed by atoms with Crippen molar-refractivity contribution in [3.05, 3.63) is 59.3 Å². The van der Waals surface area contributed by atoms with Crippen molar-refractivity contribution in [2.24, 2.45) is 0 Å². The molecule has 2 aromatic carbocycles. The molecule has 26 heavy (non-hydrogen) atoms. The van der Waals surface area contributed by atoms with Crippen LogP contribution >= 0.6 is 0 Å². The van der Waals surface area contributed by atoms with Crippen molar-refractivity contribution in [3.63, 3.8) is 0 Å². The maximum Gasteiger partial charge on any atom is 0.203 e. The Morgan fingerprint density at radius 1 is 1.00 bits per heavy atom. The minimum absolute atomic E-state index is 0.129. The number of methoxy groups -OCH3 is 3. The monoisotopic (exact) mass is 353 g/mol. The highest BCUT2D eigenvalue weighted by Crippen LogP contribution is 2.38. The number of hydrogen-bond donors (Lipinski definition) is 1. The second-order valence-corrected chi connectivity index (χ2v) is 6.32. The van der Waals surface area contributed by atoms with E-state index in [1.165, 1.54) is 5.56 Å². The number of Topliss-reactive ketones (excluding diaryl/α,β-unsaturated/α-hetero) is 1. The summed E-state index contributed by atoms with van der Waals surface area (Å²) in [7, 11) is 4.69. The van der Waals surface area contributed by atoms with Crippen LogP contribution in [0.15, 0.2) is 42.6 Å². The van der Waals surface area contributed by atoms with Crippen LogP contribution in [0.4, 0.5) is 5.69 Å². The van der Waals surface area contributed by atoms with Crippen molar-refractivity contribution in [1.29, 1.82) is 0 Å². The van der Waals surface area contributed by atoms with Gasteiger partial charge in [-0.05, 0) is 34.9 Å². The second-order valence-electron chi connectivity index (χ2n) is 6.32. The van der Waals surface area contributed by atoms with Crippen molar-refractivity contribution in [3.8, 4) is 17.2 Å². The molecule has 0 saturated heterocycles. The maximum absolute atomic E-state index is 12.6. The summed E-state index contributed by atoms with van der Waals surface area (Å²) >= 11 is 0. The Kier molecular flexibility index (Phi) is 5.16. The first-order valence-corrected chi connectivity index (χ1v) is 8.41. The van der Waals surface area contributed by atoms with Gasteiger partial charge in [-0.15, -0.1) is 0 Å². The topological polar surface area (TPSA) is 56.8 Å². The van der Waals surface area contributed by atoms with Gasteiger partial charge in [0.15, 0.2) is 11.5 Å². The Morgan fingerprint density at radius 2 is 1.65 bits per heavy atom. The summed E-state index contributed by atoms with van der Waals surface area (Å²) in [6.45, 7) is 3.95. The van der Waals surface area contributed by atoms with Crippen molar-refractivity contribution in [2.45, 2.75) is 19.3 Å². The summed E-state index contributed by atoms with van der Waals surface area (Å²) < 4.78 is 16.0. The minimum atomic E-state index is 0.129. The number of allylic oxidation sites excluding steroid dienone is 1. The quantitative estimate of drug-likeness (QED) is 0.825. The molecule has 0 atom stereocenters. The lowest BCUT2D eigenvalue weighted by atomic mass is 10.00. The van der Waals surface area contributed by atoms with Crippen LogP contribution in [-0.4, -0.2) is 27.1 Å². The van der Waals surface area contributed by atoms with Crippen molar-refractivity contribution >= 4 is 11.5 Å². The van der Waals surface area contributed by atoms with E-state index in [4.69, 9.17) is 14.2 Å². The SMILES string of the molecule is C=C1Cc2cc(CC(=O)Cc3cc(OC)c(OC)c(OC)c3)ccc2N1. The zero-order valence-corrected chi connectivity index (χ0v) is 15.3. The van der Waals surface area contributed by atoms with Gasteiger partial charge in [-0.2, -0.15) is 0 Å². The van der Waals surface area contributed by atoms with Crippen molar-refractivity contribution in [2.75, 3.05) is 26.6 Å². The summed E-state index contributed by atoms with van der Waals surface area (Å²) in [5.41, 5.74) is 5.10. The number of nitrogens with one attached hydrogen (secondary N) is 1. The lowest BCUT2D eigenvalue weighted by Gasteiger charge is -2.14. The molecule has 0 saturated carbocycles. The van der Waals surface area contributed by atoms with Gasteiger partial charge in [0.2, 0.25) is 5.75 Å². The first kappa shape index (κ1) is 17.9. The van der Waals surface area contributed by atoms with Crippen LogP contribution in [0.2, 0.25) is 0 Å². The zero-order chi connectivity index (χ0) is 18.7. The summed E-state index contributed by atoms with van der Waals surface area (Å²) in [5.74, 6) is 1.76. The lowest BCUT2D eigenvalue weighted by molar-refractivity contribution is -0.117. The van der Waals surface area contributed by atoms with Crippen molar-refractivity contribution < 1.29 is 19.0 Å². The van der Waals surface area contributed by atoms with Crippen LogP contribution in [-0.2, 0) is 24.1 Å². The van der Waals surface area contributed by atoms with E-state index >= 15 is 0 Å². The molecule has 1 aliphatic rings. The number of ether oxygens (including phenoxy) is 3. The van der Waals surface area contributed by atoms with E-state index in [1.54, 1.807) is 21.3 Å². The lowest BCUT2D eigenvalue weighted by Crippen LogP contribution is -2.07. The molecule has 5 heteroatoms. The molecule has 1 aliphatic heterocycles. The van der Waals surface area contributed by atoms with Crippen LogP contribution in [0.5, 0.6) is 17.2 Å². The fourth-order valence-corrected chi connectivity index (χ4v) is 3.25. The van der Waals surface area contributed by atoms with E-state index in [0.717, 1.165) is 28.9 Å². The molecule has 0 bridgehead atoms. The molecule has 5 nitrogen and oxygen atoms in total. The van der Waals surface area contributed by atoms with E-state index in [9.17, 15) is 4.79 Å². The van der Waals surface area contributed by atoms with Crippen LogP contribution in [0.25, 0.3) is 0 Å². The van der Waals surface area contributed by atoms with Gasteiger partial charge in [-0.3, -0.25) is 4.79 Å². The zero-order valence-electron chi connectivity index (χ0n) is 15.3. The van der Waals surface area contributed by atoms with Crippen LogP contribution in [0.1, 0.15) is 16.7 Å². The van der Waals surface area contributed by atoms with Gasteiger partial charge in [-0.1, -0.05) is 18.7 Å². The third-order valence-electron chi connectivity index (χ3n) is 4.41. The average molecular weight is 353 g/mol. The van der Waals surface area contributed by atoms with Crippen LogP contribution in [0, 0.1) is 0 Å². The van der Waals surface area contributed by atoms with E-state index in [0.29, 0.717) is 30.1 Å². The molecule has 0 spiro atoms. The molecule has 136 valence electrons. The van der Waals surface area contributed by atoms with Crippen LogP contribution < -0.4 is 19.5 Å². The number of carbonyl (C=O) groups is 1. The predicted octanol–water partition coefficient (Wildman–Crippen LogP) is 3.55. The van der Waals surface area contributed by atoms with E-state index in [-0.39, 0.29) is 5.78 Å². The maximum atomic E-state index is 12.6. The summed E-state index contributed by atoms with van der Waals surface area (Å²) in [6, 6.07) is 9.70. The largest absolute Gasteiger partial charge is 0.493 e. The molecule has 0 amide bonds. The Labute approximate surface area is 153 Å². The number of benzene rings is 2. The molecular formula is C21H23NO4. The second kappa shape index (κ2) is 7.52. The molecule has 1 heterocycles. The van der Waals surface area contributed by atoms with Gasteiger partial charge in [0.05, 0.1) is 21.3 Å². The molecule has 0 unspecified atom stereocenters. The third kappa shape index (κ3) is 3.67. The molecule has 3 rings (SSSR count). The van der Waals surface area contributed by atoms with E-state index in [2.05, 4.69) is 18.0 Å². The van der Waals surface area contributed by atoms with Gasteiger partial charge in [-0.25, -0.2) is 0 Å². The Bertz CT molecular complexity index is 832. The normalized spacial score (nSPS) is 12.3. The first-order valence-electron chi connectivity index (χ1n) is 8.41. The Hall–Kier alpha value is -2.95. The molecule has 0 fully saturated rings. The number of rotatable bonds is 7. The highest BCUT2D eigenvalue weighted by atomic mass is 16.5. The summed E-state index contributed by atoms with van der Waals surface area (Å²) in [6.07, 6.45) is 1.50. The number of ketones is 1. The molecule has 0 aromatic heterocycles. The number of anilines is 1. The van der Waals surface area contributed by atoms with E-state index < -0.39 is 0 Å². The third-order valence-corrected chi connectivity index (χ3v) is 4.41. The number of carbonyl (C=O) groups excluding carboxylic acids is 1. The fourth-order valence-electron chi connectivity index (χ4n) is 3.25.